The fourth-order valence-corrected chi connectivity index (χ4v) is 2.12. The van der Waals surface area contributed by atoms with Crippen molar-refractivity contribution < 1.29 is 23.0 Å². The summed E-state index contributed by atoms with van der Waals surface area (Å²) in [5.41, 5.74) is 0.116. The number of allylic oxidation sites excluding steroid dienone is 1. The lowest BCUT2D eigenvalue weighted by Gasteiger charge is -2.18. The van der Waals surface area contributed by atoms with Gasteiger partial charge in [0.25, 0.3) is 0 Å². The molecule has 0 atom stereocenters. The molecule has 112 valence electrons. The van der Waals surface area contributed by atoms with E-state index in [9.17, 15) is 13.6 Å². The Balaban J connectivity index is 1.84. The zero-order valence-electron chi connectivity index (χ0n) is 11.5. The van der Waals surface area contributed by atoms with Gasteiger partial charge in [-0.2, -0.15) is 0 Å². The van der Waals surface area contributed by atoms with Crippen LogP contribution in [0, 0.1) is 11.6 Å². The van der Waals surface area contributed by atoms with Gasteiger partial charge in [-0.05, 0) is 42.5 Å². The van der Waals surface area contributed by atoms with Gasteiger partial charge in [-0.15, -0.1) is 0 Å². The van der Waals surface area contributed by atoms with Crippen LogP contribution in [0.5, 0.6) is 11.5 Å². The first-order chi connectivity index (χ1) is 10.6. The van der Waals surface area contributed by atoms with Crippen LogP contribution in [-0.2, 0) is 0 Å². The molecule has 1 heterocycles. The minimum Gasteiger partial charge on any atom is -0.486 e. The van der Waals surface area contributed by atoms with Crippen molar-refractivity contribution in [2.24, 2.45) is 0 Å². The van der Waals surface area contributed by atoms with Crippen LogP contribution in [-0.4, -0.2) is 19.0 Å². The molecular formula is C17H12F2O3. The first-order valence-electron chi connectivity index (χ1n) is 6.71. The number of hydrogen-bond acceptors (Lipinski definition) is 3. The molecule has 22 heavy (non-hydrogen) atoms. The van der Waals surface area contributed by atoms with Crippen molar-refractivity contribution in [1.29, 1.82) is 0 Å². The minimum atomic E-state index is -0.716. The molecule has 3 nitrogen and oxygen atoms in total. The van der Waals surface area contributed by atoms with E-state index in [1.165, 1.54) is 6.07 Å². The molecule has 0 aromatic heterocycles. The largest absolute Gasteiger partial charge is 0.486 e. The van der Waals surface area contributed by atoms with Crippen molar-refractivity contribution in [3.63, 3.8) is 0 Å². The van der Waals surface area contributed by atoms with Gasteiger partial charge in [0, 0.05) is 11.1 Å². The summed E-state index contributed by atoms with van der Waals surface area (Å²) in [6.07, 6.45) is 2.26. The van der Waals surface area contributed by atoms with Crippen molar-refractivity contribution in [1.82, 2.24) is 0 Å². The second kappa shape index (κ2) is 5.97. The van der Waals surface area contributed by atoms with Crippen LogP contribution >= 0.6 is 0 Å². The molecule has 0 saturated heterocycles. The molecule has 0 aliphatic carbocycles. The van der Waals surface area contributed by atoms with Crippen LogP contribution in [0.25, 0.3) is 6.08 Å². The summed E-state index contributed by atoms with van der Waals surface area (Å²) in [6.45, 7) is 0.883. The number of hydrogen-bond donors (Lipinski definition) is 0. The second-order valence-corrected chi connectivity index (χ2v) is 4.69. The number of carbonyl (C=O) groups is 1. The Morgan fingerprint density at radius 3 is 2.41 bits per heavy atom. The molecular weight excluding hydrogens is 290 g/mol. The molecule has 3 rings (SSSR count). The van der Waals surface area contributed by atoms with E-state index < -0.39 is 11.6 Å². The Hall–Kier alpha value is -2.69. The van der Waals surface area contributed by atoms with Gasteiger partial charge in [0.1, 0.15) is 24.8 Å². The van der Waals surface area contributed by atoms with Crippen molar-refractivity contribution >= 4 is 11.9 Å². The Morgan fingerprint density at radius 2 is 1.68 bits per heavy atom. The van der Waals surface area contributed by atoms with E-state index in [1.807, 2.05) is 0 Å². The highest BCUT2D eigenvalue weighted by Gasteiger charge is 2.14. The van der Waals surface area contributed by atoms with Crippen LogP contribution < -0.4 is 9.47 Å². The number of carbonyl (C=O) groups excluding carboxylic acids is 1. The number of ether oxygens (including phenoxy) is 2. The number of rotatable bonds is 3. The van der Waals surface area contributed by atoms with Crippen LogP contribution in [0.4, 0.5) is 8.78 Å². The van der Waals surface area contributed by atoms with Gasteiger partial charge in [0.15, 0.2) is 17.3 Å². The van der Waals surface area contributed by atoms with E-state index >= 15 is 0 Å². The zero-order chi connectivity index (χ0) is 15.5. The third kappa shape index (κ3) is 2.83. The molecule has 0 unspecified atom stereocenters. The smallest absolute Gasteiger partial charge is 0.185 e. The Labute approximate surface area is 125 Å². The number of fused-ring (bicyclic) bond motifs is 1. The van der Waals surface area contributed by atoms with E-state index in [1.54, 1.807) is 18.2 Å². The van der Waals surface area contributed by atoms with Gasteiger partial charge in [-0.25, -0.2) is 8.78 Å². The van der Waals surface area contributed by atoms with Gasteiger partial charge in [0.05, 0.1) is 0 Å². The molecule has 1 aliphatic rings. The van der Waals surface area contributed by atoms with Gasteiger partial charge in [-0.1, -0.05) is 6.07 Å². The van der Waals surface area contributed by atoms with Crippen LogP contribution in [0.15, 0.2) is 42.5 Å². The van der Waals surface area contributed by atoms with Gasteiger partial charge in [0.2, 0.25) is 0 Å². The number of benzene rings is 2. The van der Waals surface area contributed by atoms with Crippen molar-refractivity contribution in [3.8, 4) is 11.5 Å². The Bertz CT molecular complexity index is 733. The third-order valence-corrected chi connectivity index (χ3v) is 3.23. The summed E-state index contributed by atoms with van der Waals surface area (Å²) in [4.78, 5) is 12.1. The van der Waals surface area contributed by atoms with E-state index in [2.05, 4.69) is 0 Å². The summed E-state index contributed by atoms with van der Waals surface area (Å²) in [5.74, 6) is -0.744. The molecule has 0 N–H and O–H groups in total. The SMILES string of the molecule is O=C(/C=C/c1c(F)cccc1F)c1ccc2c(c1)OCCO2. The molecule has 0 fully saturated rings. The standard InChI is InChI=1S/C17H12F2O3/c18-13-2-1-3-14(19)12(13)5-6-15(20)11-4-7-16-17(10-11)22-9-8-21-16/h1-7,10H,8-9H2/b6-5+. The average molecular weight is 302 g/mol. The van der Waals surface area contributed by atoms with E-state index in [-0.39, 0.29) is 11.3 Å². The number of ketones is 1. The predicted molar refractivity (Wildman–Crippen MR) is 77.2 cm³/mol. The highest BCUT2D eigenvalue weighted by Crippen LogP contribution is 2.31. The summed E-state index contributed by atoms with van der Waals surface area (Å²) in [7, 11) is 0. The van der Waals surface area contributed by atoms with Crippen LogP contribution in [0.3, 0.4) is 0 Å². The summed E-state index contributed by atoms with van der Waals surface area (Å²) >= 11 is 0. The van der Waals surface area contributed by atoms with Crippen molar-refractivity contribution in [3.05, 3.63) is 65.2 Å². The molecule has 2 aromatic rings. The van der Waals surface area contributed by atoms with E-state index in [0.29, 0.717) is 30.3 Å². The maximum atomic E-state index is 13.5. The van der Waals surface area contributed by atoms with Crippen LogP contribution in [0.1, 0.15) is 15.9 Å². The second-order valence-electron chi connectivity index (χ2n) is 4.69. The Morgan fingerprint density at radius 1 is 1.00 bits per heavy atom. The summed E-state index contributed by atoms with van der Waals surface area (Å²) < 4.78 is 37.7. The zero-order valence-corrected chi connectivity index (χ0v) is 11.5. The predicted octanol–water partition coefficient (Wildman–Crippen LogP) is 3.63. The fourth-order valence-electron chi connectivity index (χ4n) is 2.12. The van der Waals surface area contributed by atoms with Crippen molar-refractivity contribution in [2.45, 2.75) is 0 Å². The normalized spacial score (nSPS) is 13.4. The summed E-state index contributed by atoms with van der Waals surface area (Å²) in [5, 5.41) is 0. The lowest BCUT2D eigenvalue weighted by atomic mass is 10.1. The van der Waals surface area contributed by atoms with E-state index in [4.69, 9.17) is 9.47 Å². The van der Waals surface area contributed by atoms with E-state index in [0.717, 1.165) is 24.3 Å². The van der Waals surface area contributed by atoms with Crippen LogP contribution in [0.2, 0.25) is 0 Å². The van der Waals surface area contributed by atoms with Crippen molar-refractivity contribution in [2.75, 3.05) is 13.2 Å². The monoisotopic (exact) mass is 302 g/mol. The van der Waals surface area contributed by atoms with Gasteiger partial charge >= 0.3 is 0 Å². The third-order valence-electron chi connectivity index (χ3n) is 3.23. The number of halogens is 2. The lowest BCUT2D eigenvalue weighted by molar-refractivity contribution is 0.104. The topological polar surface area (TPSA) is 35.5 Å². The molecule has 0 bridgehead atoms. The molecule has 2 aromatic carbocycles. The quantitative estimate of drug-likeness (QED) is 0.641. The van der Waals surface area contributed by atoms with Gasteiger partial charge < -0.3 is 9.47 Å². The molecule has 1 aliphatic heterocycles. The highest BCUT2D eigenvalue weighted by atomic mass is 19.1. The lowest BCUT2D eigenvalue weighted by Crippen LogP contribution is -2.15. The Kier molecular flexibility index (Phi) is 3.87. The summed E-state index contributed by atoms with van der Waals surface area (Å²) in [6, 6.07) is 8.31. The highest BCUT2D eigenvalue weighted by molar-refractivity contribution is 6.07. The maximum Gasteiger partial charge on any atom is 0.185 e. The fraction of sp³-hybridized carbons (Fsp3) is 0.118. The van der Waals surface area contributed by atoms with Gasteiger partial charge in [-0.3, -0.25) is 4.79 Å². The molecule has 0 spiro atoms. The molecule has 5 heteroatoms. The molecule has 0 saturated carbocycles. The first-order valence-corrected chi connectivity index (χ1v) is 6.71. The molecule has 0 amide bonds. The minimum absolute atomic E-state index is 0.242. The molecule has 0 radical (unpaired) electrons. The average Bonchev–Trinajstić information content (AvgIpc) is 2.53. The maximum absolute atomic E-state index is 13.5. The first kappa shape index (κ1) is 14.3.